The van der Waals surface area contributed by atoms with Gasteiger partial charge in [-0.15, -0.1) is 0 Å². The Kier molecular flexibility index (Phi) is 6.03. The summed E-state index contributed by atoms with van der Waals surface area (Å²) in [4.78, 5) is 28.3. The van der Waals surface area contributed by atoms with Gasteiger partial charge in [0.1, 0.15) is 18.0 Å². The Bertz CT molecular complexity index is 1260. The van der Waals surface area contributed by atoms with Crippen LogP contribution < -0.4 is 21.1 Å². The number of aryl methyl sites for hydroxylation is 1. The number of nitrogens with zero attached hydrogens (tertiary/aromatic N) is 2. The molecule has 4 aromatic rings. The van der Waals surface area contributed by atoms with Crippen LogP contribution in [0.1, 0.15) is 27.2 Å². The molecule has 2 aromatic carbocycles. The fourth-order valence-electron chi connectivity index (χ4n) is 3.33. The number of carbonyl (C=O) groups is 2. The second kappa shape index (κ2) is 9.22. The second-order valence-corrected chi connectivity index (χ2v) is 7.31. The molecule has 0 aliphatic rings. The van der Waals surface area contributed by atoms with Gasteiger partial charge in [-0.1, -0.05) is 30.3 Å². The molecule has 3 amide bonds. The molecule has 0 atom stereocenters. The smallest absolute Gasteiger partial charge is 0.316 e. The Morgan fingerprint density at radius 1 is 1.06 bits per heavy atom. The van der Waals surface area contributed by atoms with E-state index >= 15 is 0 Å². The predicted octanol–water partition coefficient (Wildman–Crippen LogP) is 3.64. The fourth-order valence-corrected chi connectivity index (χ4v) is 3.33. The highest BCUT2D eigenvalue weighted by Crippen LogP contribution is 2.20. The first-order valence-electron chi connectivity index (χ1n) is 10.1. The monoisotopic (exact) mass is 429 g/mol. The number of nitrogens with one attached hydrogen (secondary N) is 2. The summed E-state index contributed by atoms with van der Waals surface area (Å²) < 4.78 is 7.89. The van der Waals surface area contributed by atoms with Crippen molar-refractivity contribution in [1.82, 2.24) is 14.7 Å². The molecular formula is C24H23N5O3. The minimum Gasteiger partial charge on any atom is -0.486 e. The summed E-state index contributed by atoms with van der Waals surface area (Å²) in [7, 11) is 0. The van der Waals surface area contributed by atoms with Crippen molar-refractivity contribution in [2.45, 2.75) is 20.1 Å². The van der Waals surface area contributed by atoms with Gasteiger partial charge in [-0.25, -0.2) is 9.78 Å². The zero-order valence-corrected chi connectivity index (χ0v) is 17.5. The van der Waals surface area contributed by atoms with Gasteiger partial charge in [0.15, 0.2) is 0 Å². The van der Waals surface area contributed by atoms with E-state index < -0.39 is 6.03 Å². The summed E-state index contributed by atoms with van der Waals surface area (Å²) in [6, 6.07) is 17.5. The number of imidazole rings is 1. The largest absolute Gasteiger partial charge is 0.486 e. The summed E-state index contributed by atoms with van der Waals surface area (Å²) in [5.74, 6) is 0.241. The number of primary amides is 1. The van der Waals surface area contributed by atoms with Crippen LogP contribution in [0.3, 0.4) is 0 Å². The highest BCUT2D eigenvalue weighted by atomic mass is 16.5. The molecule has 0 saturated heterocycles. The van der Waals surface area contributed by atoms with Crippen LogP contribution in [0.15, 0.2) is 73.1 Å². The number of hydrogen-bond donors (Lipinski definition) is 3. The summed E-state index contributed by atoms with van der Waals surface area (Å²) >= 11 is 0. The van der Waals surface area contributed by atoms with E-state index in [1.54, 1.807) is 42.5 Å². The SMILES string of the molecule is Cc1cccn2cc(COc3ccccc3C(=O)NCc3ccc(NC(N)=O)cc3)nc12. The average molecular weight is 429 g/mol. The first-order chi connectivity index (χ1) is 15.5. The molecule has 0 radical (unpaired) electrons. The maximum atomic E-state index is 12.8. The van der Waals surface area contributed by atoms with E-state index in [4.69, 9.17) is 10.5 Å². The van der Waals surface area contributed by atoms with Crippen molar-refractivity contribution in [2.24, 2.45) is 5.73 Å². The van der Waals surface area contributed by atoms with E-state index in [0.29, 0.717) is 23.5 Å². The first-order valence-corrected chi connectivity index (χ1v) is 10.1. The fraction of sp³-hybridized carbons (Fsp3) is 0.125. The highest BCUT2D eigenvalue weighted by molar-refractivity contribution is 5.96. The molecule has 0 fully saturated rings. The van der Waals surface area contributed by atoms with Crippen molar-refractivity contribution < 1.29 is 14.3 Å². The van der Waals surface area contributed by atoms with Crippen LogP contribution in [0.4, 0.5) is 10.5 Å². The molecule has 162 valence electrons. The zero-order chi connectivity index (χ0) is 22.5. The number of nitrogens with two attached hydrogens (primary N) is 1. The van der Waals surface area contributed by atoms with Crippen LogP contribution in [-0.4, -0.2) is 21.3 Å². The van der Waals surface area contributed by atoms with Crippen molar-refractivity contribution in [3.63, 3.8) is 0 Å². The summed E-state index contributed by atoms with van der Waals surface area (Å²) in [6.45, 7) is 2.59. The third-order valence-electron chi connectivity index (χ3n) is 4.91. The molecule has 2 aromatic heterocycles. The number of benzene rings is 2. The number of hydrogen-bond acceptors (Lipinski definition) is 4. The van der Waals surface area contributed by atoms with Gasteiger partial charge in [0, 0.05) is 24.6 Å². The van der Waals surface area contributed by atoms with Crippen LogP contribution in [0.25, 0.3) is 5.65 Å². The number of urea groups is 1. The van der Waals surface area contributed by atoms with Gasteiger partial charge in [-0.2, -0.15) is 0 Å². The van der Waals surface area contributed by atoms with Gasteiger partial charge in [-0.3, -0.25) is 4.79 Å². The van der Waals surface area contributed by atoms with Crippen LogP contribution in [-0.2, 0) is 13.2 Å². The Hall–Kier alpha value is -4.33. The number of carbonyl (C=O) groups excluding carboxylic acids is 2. The second-order valence-electron chi connectivity index (χ2n) is 7.31. The van der Waals surface area contributed by atoms with Gasteiger partial charge in [0.05, 0.1) is 11.3 Å². The maximum Gasteiger partial charge on any atom is 0.316 e. The van der Waals surface area contributed by atoms with Gasteiger partial charge in [-0.05, 0) is 48.4 Å². The Balaban J connectivity index is 1.40. The molecule has 8 nitrogen and oxygen atoms in total. The van der Waals surface area contributed by atoms with Crippen LogP contribution in [0.2, 0.25) is 0 Å². The zero-order valence-electron chi connectivity index (χ0n) is 17.5. The van der Waals surface area contributed by atoms with E-state index in [9.17, 15) is 9.59 Å². The topological polar surface area (TPSA) is 111 Å². The van der Waals surface area contributed by atoms with Crippen molar-refractivity contribution in [1.29, 1.82) is 0 Å². The number of anilines is 1. The molecular weight excluding hydrogens is 406 g/mol. The lowest BCUT2D eigenvalue weighted by molar-refractivity contribution is 0.0946. The van der Waals surface area contributed by atoms with Gasteiger partial charge in [0.2, 0.25) is 0 Å². The van der Waals surface area contributed by atoms with Gasteiger partial charge < -0.3 is 25.5 Å². The Morgan fingerprint density at radius 3 is 2.59 bits per heavy atom. The highest BCUT2D eigenvalue weighted by Gasteiger charge is 2.13. The molecule has 0 bridgehead atoms. The average Bonchev–Trinajstić information content (AvgIpc) is 3.21. The molecule has 0 aliphatic heterocycles. The van der Waals surface area contributed by atoms with Crippen LogP contribution in [0, 0.1) is 6.92 Å². The van der Waals surface area contributed by atoms with Crippen molar-refractivity contribution >= 4 is 23.3 Å². The number of ether oxygens (including phenoxy) is 1. The molecule has 2 heterocycles. The lowest BCUT2D eigenvalue weighted by atomic mass is 10.1. The number of rotatable bonds is 7. The normalized spacial score (nSPS) is 10.7. The lowest BCUT2D eigenvalue weighted by Crippen LogP contribution is -2.23. The third kappa shape index (κ3) is 4.86. The van der Waals surface area contributed by atoms with Gasteiger partial charge in [0.25, 0.3) is 5.91 Å². The lowest BCUT2D eigenvalue weighted by Gasteiger charge is -2.11. The molecule has 0 saturated carbocycles. The first kappa shape index (κ1) is 20.9. The van der Waals surface area contributed by atoms with Gasteiger partial charge >= 0.3 is 6.03 Å². The third-order valence-corrected chi connectivity index (χ3v) is 4.91. The standard InChI is InChI=1S/C24H23N5O3/c1-16-5-4-12-29-14-19(27-22(16)29)15-32-21-7-3-2-6-20(21)23(30)26-13-17-8-10-18(11-9-17)28-24(25)31/h2-12,14H,13,15H2,1H3,(H,26,30)(H3,25,28,31). The maximum absolute atomic E-state index is 12.8. The minimum absolute atomic E-state index is 0.245. The van der Waals surface area contributed by atoms with Crippen molar-refractivity contribution in [2.75, 3.05) is 5.32 Å². The molecule has 8 heteroatoms. The molecule has 0 aliphatic carbocycles. The Labute approximate surface area is 185 Å². The minimum atomic E-state index is -0.624. The number of amides is 3. The summed E-state index contributed by atoms with van der Waals surface area (Å²) in [5.41, 5.74) is 9.76. The molecule has 4 N–H and O–H groups in total. The molecule has 0 spiro atoms. The Morgan fingerprint density at radius 2 is 1.84 bits per heavy atom. The predicted molar refractivity (Wildman–Crippen MR) is 122 cm³/mol. The molecule has 0 unspecified atom stereocenters. The molecule has 32 heavy (non-hydrogen) atoms. The van der Waals surface area contributed by atoms with E-state index in [1.807, 2.05) is 41.9 Å². The van der Waals surface area contributed by atoms with E-state index in [2.05, 4.69) is 15.6 Å². The number of para-hydroxylation sites is 1. The van der Waals surface area contributed by atoms with E-state index in [-0.39, 0.29) is 12.5 Å². The van der Waals surface area contributed by atoms with Crippen LogP contribution in [0.5, 0.6) is 5.75 Å². The van der Waals surface area contributed by atoms with E-state index in [1.165, 1.54) is 0 Å². The number of fused-ring (bicyclic) bond motifs is 1. The van der Waals surface area contributed by atoms with Crippen molar-refractivity contribution in [3.8, 4) is 5.75 Å². The quantitative estimate of drug-likeness (QED) is 0.416. The van der Waals surface area contributed by atoms with E-state index in [0.717, 1.165) is 22.5 Å². The number of aromatic nitrogens is 2. The number of pyridine rings is 1. The summed E-state index contributed by atoms with van der Waals surface area (Å²) in [5, 5.41) is 5.39. The molecule has 4 rings (SSSR count). The van der Waals surface area contributed by atoms with Crippen molar-refractivity contribution in [3.05, 3.63) is 95.4 Å². The van der Waals surface area contributed by atoms with Crippen LogP contribution >= 0.6 is 0 Å². The summed E-state index contributed by atoms with van der Waals surface area (Å²) in [6.07, 6.45) is 3.86.